The molecule has 2 saturated heterocycles. The summed E-state index contributed by atoms with van der Waals surface area (Å²) in [6.07, 6.45) is -0.172. The number of ether oxygens (including phenoxy) is 1. The lowest BCUT2D eigenvalue weighted by atomic mass is 9.96. The first-order chi connectivity index (χ1) is 6.46. The molecule has 14 heavy (non-hydrogen) atoms. The van der Waals surface area contributed by atoms with Crippen molar-refractivity contribution in [2.24, 2.45) is 5.92 Å². The van der Waals surface area contributed by atoms with Gasteiger partial charge in [0.15, 0.2) is 0 Å². The molecule has 2 fully saturated rings. The van der Waals surface area contributed by atoms with Crippen molar-refractivity contribution >= 4 is 6.09 Å². The predicted molar refractivity (Wildman–Crippen MR) is 53.1 cm³/mol. The molecule has 80 valence electrons. The second-order valence-electron chi connectivity index (χ2n) is 5.16. The molecule has 0 aliphatic carbocycles. The average Bonchev–Trinajstić information content (AvgIpc) is 2.24. The highest BCUT2D eigenvalue weighted by molar-refractivity contribution is 5.68. The molecule has 0 radical (unpaired) electrons. The Balaban J connectivity index is 1.87. The second-order valence-corrected chi connectivity index (χ2v) is 5.16. The zero-order valence-corrected chi connectivity index (χ0v) is 9.04. The lowest BCUT2D eigenvalue weighted by Gasteiger charge is -2.29. The van der Waals surface area contributed by atoms with Gasteiger partial charge in [-0.1, -0.05) is 0 Å². The highest BCUT2D eigenvalue weighted by Crippen LogP contribution is 2.24. The van der Waals surface area contributed by atoms with Crippen molar-refractivity contribution in [1.29, 1.82) is 0 Å². The van der Waals surface area contributed by atoms with E-state index < -0.39 is 0 Å². The molecule has 1 amide bonds. The molecule has 2 aliphatic rings. The topological polar surface area (TPSA) is 41.6 Å². The monoisotopic (exact) mass is 198 g/mol. The highest BCUT2D eigenvalue weighted by atomic mass is 16.6. The molecule has 2 aliphatic heterocycles. The zero-order chi connectivity index (χ0) is 10.3. The number of amides is 1. The molecule has 0 aromatic carbocycles. The van der Waals surface area contributed by atoms with E-state index in [1.54, 1.807) is 4.90 Å². The first-order valence-electron chi connectivity index (χ1n) is 5.17. The summed E-state index contributed by atoms with van der Waals surface area (Å²) in [7, 11) is 0. The number of carbonyl (C=O) groups is 1. The Kier molecular flexibility index (Phi) is 2.18. The third-order valence-corrected chi connectivity index (χ3v) is 2.73. The van der Waals surface area contributed by atoms with Crippen LogP contribution in [0.25, 0.3) is 0 Å². The largest absolute Gasteiger partial charge is 0.444 e. The zero-order valence-electron chi connectivity index (χ0n) is 9.04. The molecule has 1 N–H and O–H groups in total. The number of hydrogen-bond acceptors (Lipinski definition) is 3. The van der Waals surface area contributed by atoms with Gasteiger partial charge in [-0.3, -0.25) is 0 Å². The van der Waals surface area contributed by atoms with Crippen LogP contribution in [0.4, 0.5) is 4.79 Å². The number of hydrogen-bond donors (Lipinski definition) is 1. The summed E-state index contributed by atoms with van der Waals surface area (Å²) in [5.74, 6) is 0.655. The quantitative estimate of drug-likeness (QED) is 0.626. The lowest BCUT2D eigenvalue weighted by molar-refractivity contribution is 0.0290. The van der Waals surface area contributed by atoms with Crippen molar-refractivity contribution in [3.8, 4) is 0 Å². The van der Waals surface area contributed by atoms with Gasteiger partial charge < -0.3 is 15.0 Å². The second kappa shape index (κ2) is 3.12. The summed E-state index contributed by atoms with van der Waals surface area (Å²) in [5.41, 5.74) is -0.383. The summed E-state index contributed by atoms with van der Waals surface area (Å²) in [5, 5.41) is 3.31. The van der Waals surface area contributed by atoms with Gasteiger partial charge in [0.25, 0.3) is 0 Å². The van der Waals surface area contributed by atoms with Crippen LogP contribution in [0.2, 0.25) is 0 Å². The van der Waals surface area contributed by atoms with Crippen LogP contribution in [0.3, 0.4) is 0 Å². The van der Waals surface area contributed by atoms with Crippen LogP contribution in [-0.2, 0) is 4.74 Å². The van der Waals surface area contributed by atoms with E-state index in [9.17, 15) is 4.79 Å². The SMILES string of the molecule is CC(C)(C)OC(=O)N1C[C@@H]2CN[C@H]2C1. The smallest absolute Gasteiger partial charge is 0.410 e. The number of nitrogens with one attached hydrogen (secondary N) is 1. The van der Waals surface area contributed by atoms with Gasteiger partial charge in [-0.25, -0.2) is 4.79 Å². The van der Waals surface area contributed by atoms with Crippen LogP contribution in [-0.4, -0.2) is 42.3 Å². The van der Waals surface area contributed by atoms with E-state index in [0.29, 0.717) is 12.0 Å². The van der Waals surface area contributed by atoms with E-state index >= 15 is 0 Å². The van der Waals surface area contributed by atoms with Gasteiger partial charge in [0.1, 0.15) is 5.60 Å². The van der Waals surface area contributed by atoms with E-state index in [1.807, 2.05) is 20.8 Å². The minimum Gasteiger partial charge on any atom is -0.444 e. The van der Waals surface area contributed by atoms with Gasteiger partial charge in [-0.2, -0.15) is 0 Å². The number of fused-ring (bicyclic) bond motifs is 1. The normalized spacial score (nSPS) is 30.9. The molecule has 0 bridgehead atoms. The summed E-state index contributed by atoms with van der Waals surface area (Å²) in [4.78, 5) is 13.5. The first-order valence-corrected chi connectivity index (χ1v) is 5.17. The summed E-state index contributed by atoms with van der Waals surface area (Å²) < 4.78 is 5.31. The summed E-state index contributed by atoms with van der Waals surface area (Å²) in [6, 6.07) is 0.516. The molecule has 2 heterocycles. The maximum absolute atomic E-state index is 11.7. The molecule has 4 nitrogen and oxygen atoms in total. The minimum atomic E-state index is -0.383. The third-order valence-electron chi connectivity index (χ3n) is 2.73. The molecule has 2 rings (SSSR count). The number of rotatable bonds is 0. The van der Waals surface area contributed by atoms with Crippen LogP contribution < -0.4 is 5.32 Å². The number of carbonyl (C=O) groups excluding carboxylic acids is 1. The molecule has 0 spiro atoms. The van der Waals surface area contributed by atoms with Crippen molar-refractivity contribution in [3.63, 3.8) is 0 Å². The maximum atomic E-state index is 11.7. The van der Waals surface area contributed by atoms with Gasteiger partial charge in [0.2, 0.25) is 0 Å². The van der Waals surface area contributed by atoms with Gasteiger partial charge in [-0.15, -0.1) is 0 Å². The van der Waals surface area contributed by atoms with E-state index in [-0.39, 0.29) is 11.7 Å². The van der Waals surface area contributed by atoms with Crippen molar-refractivity contribution in [2.75, 3.05) is 19.6 Å². The molecular formula is C10H18N2O2. The van der Waals surface area contributed by atoms with Gasteiger partial charge in [0.05, 0.1) is 0 Å². The fraction of sp³-hybridized carbons (Fsp3) is 0.900. The Morgan fingerprint density at radius 1 is 1.43 bits per heavy atom. The number of likely N-dealkylation sites (tertiary alicyclic amines) is 1. The van der Waals surface area contributed by atoms with Gasteiger partial charge >= 0.3 is 6.09 Å². The van der Waals surface area contributed by atoms with Crippen LogP contribution in [0.15, 0.2) is 0 Å². The Morgan fingerprint density at radius 3 is 2.50 bits per heavy atom. The Bertz CT molecular complexity index is 235. The van der Waals surface area contributed by atoms with Crippen LogP contribution >= 0.6 is 0 Å². The van der Waals surface area contributed by atoms with E-state index in [2.05, 4.69) is 5.32 Å². The van der Waals surface area contributed by atoms with Crippen LogP contribution in [0, 0.1) is 5.92 Å². The Morgan fingerprint density at radius 2 is 2.14 bits per heavy atom. The Labute approximate surface area is 84.6 Å². The molecule has 0 unspecified atom stereocenters. The van der Waals surface area contributed by atoms with Crippen molar-refractivity contribution in [3.05, 3.63) is 0 Å². The standard InChI is InChI=1S/C10H18N2O2/c1-10(2,3)14-9(13)12-5-7-4-11-8(7)6-12/h7-8,11H,4-6H2,1-3H3/t7-,8-/m0/s1. The van der Waals surface area contributed by atoms with Gasteiger partial charge in [0, 0.05) is 31.6 Å². The van der Waals surface area contributed by atoms with Gasteiger partial charge in [-0.05, 0) is 20.8 Å². The molecule has 0 saturated carbocycles. The van der Waals surface area contributed by atoms with E-state index in [1.165, 1.54) is 0 Å². The lowest BCUT2D eigenvalue weighted by Crippen LogP contribution is -2.51. The number of nitrogens with zero attached hydrogens (tertiary/aromatic N) is 1. The first kappa shape index (κ1) is 9.77. The predicted octanol–water partition coefficient (Wildman–Crippen LogP) is 0.825. The molecule has 0 aromatic heterocycles. The fourth-order valence-corrected chi connectivity index (χ4v) is 1.93. The maximum Gasteiger partial charge on any atom is 0.410 e. The van der Waals surface area contributed by atoms with Crippen LogP contribution in [0.5, 0.6) is 0 Å². The summed E-state index contributed by atoms with van der Waals surface area (Å²) in [6.45, 7) is 8.39. The average molecular weight is 198 g/mol. The van der Waals surface area contributed by atoms with E-state index in [0.717, 1.165) is 19.6 Å². The Hall–Kier alpha value is -0.770. The van der Waals surface area contributed by atoms with Crippen LogP contribution in [0.1, 0.15) is 20.8 Å². The molecule has 4 heteroatoms. The third kappa shape index (κ3) is 1.85. The molecule has 2 atom stereocenters. The molecule has 0 aromatic rings. The minimum absolute atomic E-state index is 0.172. The fourth-order valence-electron chi connectivity index (χ4n) is 1.93. The molecular weight excluding hydrogens is 180 g/mol. The highest BCUT2D eigenvalue weighted by Gasteiger charge is 2.41. The van der Waals surface area contributed by atoms with Crippen molar-refractivity contribution < 1.29 is 9.53 Å². The van der Waals surface area contributed by atoms with E-state index in [4.69, 9.17) is 4.74 Å². The summed E-state index contributed by atoms with van der Waals surface area (Å²) >= 11 is 0. The van der Waals surface area contributed by atoms with Crippen molar-refractivity contribution in [1.82, 2.24) is 10.2 Å². The van der Waals surface area contributed by atoms with Crippen molar-refractivity contribution in [2.45, 2.75) is 32.4 Å².